The Morgan fingerprint density at radius 3 is 2.50 bits per heavy atom. The first-order chi connectivity index (χ1) is 11.6. The average molecular weight is 331 g/mol. The van der Waals surface area contributed by atoms with E-state index in [9.17, 15) is 4.79 Å². The number of amides is 1. The zero-order valence-corrected chi connectivity index (χ0v) is 14.6. The summed E-state index contributed by atoms with van der Waals surface area (Å²) in [6.07, 6.45) is 0.492. The smallest absolute Gasteiger partial charge is 0.269 e. The van der Waals surface area contributed by atoms with Crippen molar-refractivity contribution in [1.82, 2.24) is 9.80 Å². The third kappa shape index (κ3) is 3.24. The number of hydrogen-bond donors (Lipinski definition) is 0. The second-order valence-corrected chi connectivity index (χ2v) is 6.49. The van der Waals surface area contributed by atoms with Crippen molar-refractivity contribution in [3.63, 3.8) is 0 Å². The molecule has 6 nitrogen and oxygen atoms in total. The number of piperazine rings is 1. The molecule has 0 aliphatic carbocycles. The van der Waals surface area contributed by atoms with Gasteiger partial charge in [0.05, 0.1) is 12.8 Å². The van der Waals surface area contributed by atoms with Gasteiger partial charge < -0.3 is 19.4 Å². The molecule has 2 aliphatic heterocycles. The fourth-order valence-electron chi connectivity index (χ4n) is 3.19. The van der Waals surface area contributed by atoms with Crippen LogP contribution >= 0.6 is 0 Å². The van der Waals surface area contributed by atoms with Crippen LogP contribution in [0.4, 0.5) is 0 Å². The number of benzene rings is 1. The van der Waals surface area contributed by atoms with Gasteiger partial charge in [0.2, 0.25) is 5.60 Å². The Labute approximate surface area is 143 Å². The van der Waals surface area contributed by atoms with Crippen molar-refractivity contribution in [2.45, 2.75) is 25.9 Å². The van der Waals surface area contributed by atoms with E-state index in [1.807, 2.05) is 36.1 Å². The molecule has 0 spiro atoms. The van der Waals surface area contributed by atoms with E-state index in [-0.39, 0.29) is 5.91 Å². The molecule has 0 radical (unpaired) electrons. The van der Waals surface area contributed by atoms with Crippen LogP contribution < -0.4 is 4.74 Å². The van der Waals surface area contributed by atoms with Gasteiger partial charge in [-0.3, -0.25) is 4.79 Å². The molecule has 2 heterocycles. The minimum Gasteiger partial charge on any atom is -0.497 e. The second kappa shape index (κ2) is 6.81. The monoisotopic (exact) mass is 331 g/mol. The quantitative estimate of drug-likeness (QED) is 0.843. The van der Waals surface area contributed by atoms with Crippen molar-refractivity contribution in [3.05, 3.63) is 29.8 Å². The Morgan fingerprint density at radius 2 is 1.92 bits per heavy atom. The molecule has 0 bridgehead atoms. The third-order valence-corrected chi connectivity index (χ3v) is 4.84. The Hall–Kier alpha value is -2.08. The summed E-state index contributed by atoms with van der Waals surface area (Å²) in [7, 11) is 1.64. The van der Waals surface area contributed by atoms with Gasteiger partial charge in [-0.15, -0.1) is 0 Å². The summed E-state index contributed by atoms with van der Waals surface area (Å²) in [6, 6.07) is 7.66. The fraction of sp³-hybridized carbons (Fsp3) is 0.556. The predicted octanol–water partition coefficient (Wildman–Crippen LogP) is 1.74. The summed E-state index contributed by atoms with van der Waals surface area (Å²) >= 11 is 0. The van der Waals surface area contributed by atoms with Crippen LogP contribution in [0.3, 0.4) is 0 Å². The van der Waals surface area contributed by atoms with Gasteiger partial charge in [-0.2, -0.15) is 0 Å². The summed E-state index contributed by atoms with van der Waals surface area (Å²) in [5, 5.41) is 4.18. The Kier molecular flexibility index (Phi) is 4.76. The lowest BCUT2D eigenvalue weighted by atomic mass is 9.94. The standard InChI is InChI=1S/C18H25N3O3/c1-4-20-9-11-21(12-10-20)17(22)18(2)13-16(19-24-18)14-5-7-15(23-3)8-6-14/h5-8H,4,9-13H2,1-3H3/t18-/m0/s1. The SMILES string of the molecule is CCN1CCN(C(=O)[C@]2(C)CC(c3ccc(OC)cc3)=NO2)CC1. The van der Waals surface area contributed by atoms with Gasteiger partial charge in [0, 0.05) is 32.6 Å². The molecule has 1 saturated heterocycles. The molecule has 3 rings (SSSR count). The lowest BCUT2D eigenvalue weighted by molar-refractivity contribution is -0.155. The molecule has 2 aliphatic rings. The molecule has 1 aromatic carbocycles. The van der Waals surface area contributed by atoms with Gasteiger partial charge in [-0.25, -0.2) is 0 Å². The first kappa shape index (κ1) is 16.8. The third-order valence-electron chi connectivity index (χ3n) is 4.84. The van der Waals surface area contributed by atoms with Gasteiger partial charge in [0.1, 0.15) is 5.75 Å². The molecule has 1 atom stereocenters. The summed E-state index contributed by atoms with van der Waals surface area (Å²) in [5.41, 5.74) is 0.868. The molecule has 24 heavy (non-hydrogen) atoms. The summed E-state index contributed by atoms with van der Waals surface area (Å²) < 4.78 is 5.17. The van der Waals surface area contributed by atoms with Crippen LogP contribution in [0.2, 0.25) is 0 Å². The highest BCUT2D eigenvalue weighted by molar-refractivity contribution is 6.05. The zero-order valence-electron chi connectivity index (χ0n) is 14.6. The minimum atomic E-state index is -0.899. The van der Waals surface area contributed by atoms with Crippen LogP contribution in [0.1, 0.15) is 25.8 Å². The highest BCUT2D eigenvalue weighted by Gasteiger charge is 2.45. The topological polar surface area (TPSA) is 54.4 Å². The van der Waals surface area contributed by atoms with Crippen LogP contribution in [-0.4, -0.2) is 66.9 Å². The maximum absolute atomic E-state index is 12.9. The van der Waals surface area contributed by atoms with Crippen LogP contribution in [0.15, 0.2) is 29.4 Å². The molecule has 1 amide bonds. The predicted molar refractivity (Wildman–Crippen MR) is 92.3 cm³/mol. The van der Waals surface area contributed by atoms with E-state index in [0.29, 0.717) is 6.42 Å². The van der Waals surface area contributed by atoms with Crippen molar-refractivity contribution in [3.8, 4) is 5.75 Å². The molecular formula is C18H25N3O3. The van der Waals surface area contributed by atoms with E-state index < -0.39 is 5.60 Å². The normalized spacial score (nSPS) is 24.5. The molecule has 130 valence electrons. The van der Waals surface area contributed by atoms with Gasteiger partial charge in [-0.1, -0.05) is 12.1 Å². The largest absolute Gasteiger partial charge is 0.497 e. The first-order valence-electron chi connectivity index (χ1n) is 8.47. The highest BCUT2D eigenvalue weighted by atomic mass is 16.7. The number of oxime groups is 1. The molecule has 0 unspecified atom stereocenters. The number of carbonyl (C=O) groups excluding carboxylic acids is 1. The van der Waals surface area contributed by atoms with E-state index in [4.69, 9.17) is 9.57 Å². The maximum atomic E-state index is 12.9. The van der Waals surface area contributed by atoms with Gasteiger partial charge in [0.25, 0.3) is 5.91 Å². The van der Waals surface area contributed by atoms with Crippen LogP contribution in [0.5, 0.6) is 5.75 Å². The molecule has 0 saturated carbocycles. The van der Waals surface area contributed by atoms with E-state index in [1.54, 1.807) is 7.11 Å². The lowest BCUT2D eigenvalue weighted by Crippen LogP contribution is -2.54. The Bertz CT molecular complexity index is 621. The molecule has 0 N–H and O–H groups in total. The number of ether oxygens (including phenoxy) is 1. The van der Waals surface area contributed by atoms with E-state index in [0.717, 1.165) is 49.7 Å². The maximum Gasteiger partial charge on any atom is 0.269 e. The summed E-state index contributed by atoms with van der Waals surface area (Å²) in [6.45, 7) is 8.36. The lowest BCUT2D eigenvalue weighted by Gasteiger charge is -2.37. The zero-order chi connectivity index (χ0) is 17.2. The Morgan fingerprint density at radius 1 is 1.25 bits per heavy atom. The van der Waals surface area contributed by atoms with Crippen LogP contribution in [0.25, 0.3) is 0 Å². The van der Waals surface area contributed by atoms with Crippen LogP contribution in [0, 0.1) is 0 Å². The molecule has 1 fully saturated rings. The first-order valence-corrected chi connectivity index (χ1v) is 8.47. The molecular weight excluding hydrogens is 306 g/mol. The number of hydrogen-bond acceptors (Lipinski definition) is 5. The van der Waals surface area contributed by atoms with Crippen molar-refractivity contribution < 1.29 is 14.4 Å². The average Bonchev–Trinajstić information content (AvgIpc) is 3.05. The second-order valence-electron chi connectivity index (χ2n) is 6.49. The highest BCUT2D eigenvalue weighted by Crippen LogP contribution is 2.29. The van der Waals surface area contributed by atoms with Gasteiger partial charge in [0.15, 0.2) is 0 Å². The van der Waals surface area contributed by atoms with Crippen LogP contribution in [-0.2, 0) is 9.63 Å². The number of methoxy groups -OCH3 is 1. The summed E-state index contributed by atoms with van der Waals surface area (Å²) in [4.78, 5) is 22.7. The van der Waals surface area contributed by atoms with E-state index in [2.05, 4.69) is 17.0 Å². The molecule has 0 aromatic heterocycles. The minimum absolute atomic E-state index is 0.0329. The molecule has 1 aromatic rings. The number of carbonyl (C=O) groups is 1. The van der Waals surface area contributed by atoms with Crippen molar-refractivity contribution >= 4 is 11.6 Å². The number of nitrogens with zero attached hydrogens (tertiary/aromatic N) is 3. The molecule has 6 heteroatoms. The number of rotatable bonds is 4. The van der Waals surface area contributed by atoms with E-state index >= 15 is 0 Å². The fourth-order valence-corrected chi connectivity index (χ4v) is 3.19. The Balaban J connectivity index is 1.64. The van der Waals surface area contributed by atoms with Gasteiger partial charge >= 0.3 is 0 Å². The van der Waals surface area contributed by atoms with Crippen molar-refractivity contribution in [2.75, 3.05) is 39.8 Å². The van der Waals surface area contributed by atoms with Gasteiger partial charge in [-0.05, 0) is 43.3 Å². The summed E-state index contributed by atoms with van der Waals surface area (Å²) in [5.74, 6) is 0.830. The van der Waals surface area contributed by atoms with Crippen molar-refractivity contribution in [2.24, 2.45) is 5.16 Å². The van der Waals surface area contributed by atoms with Crippen molar-refractivity contribution in [1.29, 1.82) is 0 Å². The van der Waals surface area contributed by atoms with E-state index in [1.165, 1.54) is 0 Å². The number of likely N-dealkylation sites (N-methyl/N-ethyl adjacent to an activating group) is 1.